The van der Waals surface area contributed by atoms with Gasteiger partial charge >= 0.3 is 0 Å². The lowest BCUT2D eigenvalue weighted by Gasteiger charge is -2.38. The minimum atomic E-state index is -0.857. The van der Waals surface area contributed by atoms with Gasteiger partial charge in [0, 0.05) is 18.5 Å². The molecule has 2 N–H and O–H groups in total. The first-order valence-corrected chi connectivity index (χ1v) is 19.9. The summed E-state index contributed by atoms with van der Waals surface area (Å²) in [5.74, 6) is 0.668. The van der Waals surface area contributed by atoms with Crippen molar-refractivity contribution in [1.29, 1.82) is 5.26 Å². The topological polar surface area (TPSA) is 121 Å². The van der Waals surface area contributed by atoms with Crippen LogP contribution in [0.4, 0.5) is 5.69 Å². The molecule has 6 aromatic carbocycles. The van der Waals surface area contributed by atoms with Crippen LogP contribution in [0.5, 0.6) is 11.5 Å². The van der Waals surface area contributed by atoms with E-state index in [1.807, 2.05) is 84.9 Å². The minimum absolute atomic E-state index is 0.176. The summed E-state index contributed by atoms with van der Waals surface area (Å²) < 4.78 is 12.5. The van der Waals surface area contributed by atoms with Crippen LogP contribution in [0.25, 0.3) is 11.1 Å². The van der Waals surface area contributed by atoms with E-state index in [1.165, 1.54) is 0 Å². The second-order valence-corrected chi connectivity index (χ2v) is 15.4. The Bertz CT molecular complexity index is 2540. The van der Waals surface area contributed by atoms with Crippen LogP contribution in [-0.4, -0.2) is 41.6 Å². The molecule has 2 aliphatic rings. The van der Waals surface area contributed by atoms with E-state index in [9.17, 15) is 14.4 Å². The van der Waals surface area contributed by atoms with Crippen LogP contribution in [0.15, 0.2) is 133 Å². The monoisotopic (exact) mass is 820 g/mol. The first kappa shape index (κ1) is 39.2. The molecule has 1 unspecified atom stereocenters. The van der Waals surface area contributed by atoms with Gasteiger partial charge in [0.05, 0.1) is 40.0 Å². The van der Waals surface area contributed by atoms with Crippen molar-refractivity contribution in [2.75, 3.05) is 11.9 Å². The number of halogens is 2. The lowest BCUT2D eigenvalue weighted by atomic mass is 9.91. The summed E-state index contributed by atoms with van der Waals surface area (Å²) >= 11 is 12.2. The molecule has 2 heterocycles. The number of carbonyl (C=O) groups excluding carboxylic acids is 3. The molecule has 3 atom stereocenters. The predicted molar refractivity (Wildman–Crippen MR) is 228 cm³/mol. The van der Waals surface area contributed by atoms with E-state index >= 15 is 0 Å². The van der Waals surface area contributed by atoms with E-state index < -0.39 is 18.0 Å². The zero-order chi connectivity index (χ0) is 40.9. The number of hydrogen-bond acceptors (Lipinski definition) is 7. The van der Waals surface area contributed by atoms with Crippen LogP contribution in [-0.2, 0) is 35.6 Å². The molecule has 0 saturated heterocycles. The largest absolute Gasteiger partial charge is 0.489 e. The van der Waals surface area contributed by atoms with Gasteiger partial charge in [-0.05, 0) is 106 Å². The number of carbonyl (C=O) groups is 3. The van der Waals surface area contributed by atoms with Gasteiger partial charge in [0.1, 0.15) is 36.5 Å². The summed E-state index contributed by atoms with van der Waals surface area (Å²) in [6.45, 7) is 1.04. The molecule has 59 heavy (non-hydrogen) atoms. The molecule has 0 aromatic heterocycles. The number of benzene rings is 6. The molecule has 11 heteroatoms. The molecule has 0 radical (unpaired) electrons. The van der Waals surface area contributed by atoms with Gasteiger partial charge in [-0.15, -0.1) is 0 Å². The van der Waals surface area contributed by atoms with Crippen molar-refractivity contribution in [2.45, 2.75) is 44.2 Å². The number of rotatable bonds is 11. The fraction of sp³-hybridized carbons (Fsp3) is 0.167. The van der Waals surface area contributed by atoms with E-state index in [0.717, 1.165) is 50.9 Å². The average molecular weight is 822 g/mol. The number of anilines is 1. The highest BCUT2D eigenvalue weighted by molar-refractivity contribution is 6.42. The van der Waals surface area contributed by atoms with Crippen LogP contribution < -0.4 is 20.1 Å². The molecule has 294 valence electrons. The molecule has 2 amide bonds. The maximum atomic E-state index is 14.1. The molecule has 9 nitrogen and oxygen atoms in total. The van der Waals surface area contributed by atoms with E-state index in [-0.39, 0.29) is 31.4 Å². The van der Waals surface area contributed by atoms with Crippen LogP contribution >= 0.6 is 23.2 Å². The van der Waals surface area contributed by atoms with Crippen molar-refractivity contribution in [1.82, 2.24) is 10.2 Å². The second-order valence-electron chi connectivity index (χ2n) is 14.6. The second kappa shape index (κ2) is 17.5. The Morgan fingerprint density at radius 3 is 2.27 bits per heavy atom. The zero-order valence-electron chi connectivity index (χ0n) is 31.7. The van der Waals surface area contributed by atoms with Crippen molar-refractivity contribution in [2.24, 2.45) is 0 Å². The fourth-order valence-corrected chi connectivity index (χ4v) is 7.76. The molecular formula is C48H38Cl2N4O5. The fourth-order valence-electron chi connectivity index (χ4n) is 7.44. The summed E-state index contributed by atoms with van der Waals surface area (Å²) in [5.41, 5.74) is 8.32. The molecule has 0 fully saturated rings. The summed E-state index contributed by atoms with van der Waals surface area (Å²) in [7, 11) is 0. The number of nitrogens with zero attached hydrogens (tertiary/aromatic N) is 2. The van der Waals surface area contributed by atoms with Crippen molar-refractivity contribution in [3.63, 3.8) is 0 Å². The Morgan fingerprint density at radius 1 is 0.864 bits per heavy atom. The summed E-state index contributed by atoms with van der Waals surface area (Å²) in [4.78, 5) is 42.1. The standard InChI is InChI=1S/C48H38Cl2N4O5/c49-41-19-10-32(21-42(41)50)29-58-40-17-15-35(16-18-40)46-26-52-43-22-37-23-44(54(27-38(37)24-45(43)59-46)48(57)36-4-2-1-3-5-36)47(56)53-39(28-55)20-30-6-11-33(12-7-30)34-13-8-31(25-51)9-14-34/h1-19,21-22,24,28,39,44,46,52H,20,23,26-27,29H2,(H,53,56)/t39-,44-,46?/m0/s1. The minimum Gasteiger partial charge on any atom is -0.489 e. The molecule has 8 rings (SSSR count). The van der Waals surface area contributed by atoms with Gasteiger partial charge in [-0.25, -0.2) is 0 Å². The number of nitrogens with one attached hydrogen (secondary N) is 2. The predicted octanol–water partition coefficient (Wildman–Crippen LogP) is 9.15. The van der Waals surface area contributed by atoms with Gasteiger partial charge in [0.25, 0.3) is 5.91 Å². The lowest BCUT2D eigenvalue weighted by Crippen LogP contribution is -2.55. The third-order valence-corrected chi connectivity index (χ3v) is 11.4. The van der Waals surface area contributed by atoms with Crippen molar-refractivity contribution < 1.29 is 23.9 Å². The highest BCUT2D eigenvalue weighted by Crippen LogP contribution is 2.39. The third kappa shape index (κ3) is 8.95. The lowest BCUT2D eigenvalue weighted by molar-refractivity contribution is -0.128. The zero-order valence-corrected chi connectivity index (χ0v) is 33.3. The highest BCUT2D eigenvalue weighted by Gasteiger charge is 2.37. The van der Waals surface area contributed by atoms with Crippen LogP contribution in [0.1, 0.15) is 49.8 Å². The summed E-state index contributed by atoms with van der Waals surface area (Å²) in [6, 6.07) is 41.5. The van der Waals surface area contributed by atoms with E-state index in [4.69, 9.17) is 37.9 Å². The van der Waals surface area contributed by atoms with Gasteiger partial charge in [-0.1, -0.05) is 96.0 Å². The van der Waals surface area contributed by atoms with Gasteiger partial charge < -0.3 is 29.8 Å². The van der Waals surface area contributed by atoms with E-state index in [2.05, 4.69) is 16.7 Å². The Labute approximate surface area is 352 Å². The molecule has 6 aromatic rings. The normalized spacial score (nSPS) is 15.9. The number of ether oxygens (including phenoxy) is 2. The Balaban J connectivity index is 0.962. The number of aldehydes is 1. The van der Waals surface area contributed by atoms with Gasteiger partial charge in [-0.3, -0.25) is 9.59 Å². The number of fused-ring (bicyclic) bond motifs is 2. The van der Waals surface area contributed by atoms with Crippen LogP contribution in [0.3, 0.4) is 0 Å². The number of hydrogen-bond donors (Lipinski definition) is 2. The Morgan fingerprint density at radius 2 is 1.58 bits per heavy atom. The summed E-state index contributed by atoms with van der Waals surface area (Å²) in [5, 5.41) is 16.5. The van der Waals surface area contributed by atoms with Crippen molar-refractivity contribution >= 4 is 47.0 Å². The smallest absolute Gasteiger partial charge is 0.254 e. The van der Waals surface area contributed by atoms with Gasteiger partial charge in [0.2, 0.25) is 5.91 Å². The molecule has 0 aliphatic carbocycles. The van der Waals surface area contributed by atoms with Crippen molar-refractivity contribution in [3.05, 3.63) is 182 Å². The van der Waals surface area contributed by atoms with Gasteiger partial charge in [-0.2, -0.15) is 5.26 Å². The highest BCUT2D eigenvalue weighted by atomic mass is 35.5. The van der Waals surface area contributed by atoms with Crippen molar-refractivity contribution in [3.8, 4) is 28.7 Å². The first-order chi connectivity index (χ1) is 28.7. The molecule has 0 saturated carbocycles. The maximum absolute atomic E-state index is 14.1. The Kier molecular flexibility index (Phi) is 11.6. The van der Waals surface area contributed by atoms with E-state index in [0.29, 0.717) is 45.8 Å². The van der Waals surface area contributed by atoms with Crippen LogP contribution in [0.2, 0.25) is 10.0 Å². The SMILES string of the molecule is N#Cc1ccc(-c2ccc(C[C@@H](C=O)NC(=O)[C@@H]3Cc4cc5c(cc4CN3C(=O)c3ccccc3)OC(c3ccc(OCc4ccc(Cl)c(Cl)c4)cc3)CN5)cc2)cc1. The average Bonchev–Trinajstić information content (AvgIpc) is 3.28. The number of amides is 2. The molecule has 2 aliphatic heterocycles. The first-order valence-electron chi connectivity index (χ1n) is 19.2. The molecular weight excluding hydrogens is 783 g/mol. The summed E-state index contributed by atoms with van der Waals surface area (Å²) in [6.07, 6.45) is 0.996. The maximum Gasteiger partial charge on any atom is 0.254 e. The third-order valence-electron chi connectivity index (χ3n) is 10.7. The molecule has 0 bridgehead atoms. The quantitative estimate of drug-likeness (QED) is 0.125. The van der Waals surface area contributed by atoms with Gasteiger partial charge in [0.15, 0.2) is 0 Å². The van der Waals surface area contributed by atoms with Crippen LogP contribution in [0, 0.1) is 11.3 Å². The Hall–Kier alpha value is -6.60. The van der Waals surface area contributed by atoms with E-state index in [1.54, 1.807) is 53.4 Å². The molecule has 0 spiro atoms. The number of nitriles is 1.